The van der Waals surface area contributed by atoms with Crippen LogP contribution >= 0.6 is 0 Å². The molecule has 0 amide bonds. The smallest absolute Gasteiger partial charge is 0.460 e. The number of hydrogen-bond acceptors (Lipinski definition) is 2. The molecule has 1 heterocycles. The van der Waals surface area contributed by atoms with Crippen molar-refractivity contribution in [2.45, 2.75) is 56.2 Å². The zero-order valence-corrected chi connectivity index (χ0v) is 18.2. The lowest BCUT2D eigenvalue weighted by Gasteiger charge is -2.32. The van der Waals surface area contributed by atoms with E-state index in [4.69, 9.17) is 0 Å². The minimum atomic E-state index is -6.92. The summed E-state index contributed by atoms with van der Waals surface area (Å²) in [4.78, 5) is 0. The number of alkyl halides is 9. The van der Waals surface area contributed by atoms with Crippen LogP contribution < -0.4 is 17.0 Å². The van der Waals surface area contributed by atoms with Gasteiger partial charge in [0.25, 0.3) is 6.33 Å². The standard InChI is InChI=1S/C16H19F9N3O2S.ClH/c1-26(2)31(29,30)28-11-10-27(12-28)9-7-5-3-4-6-8-13(17,18)14(19,20)15(21,22)16(23,24)25;/h10-12H,3,5,7-9H2,1-2H3;1H/q+1;/p-1. The summed E-state index contributed by atoms with van der Waals surface area (Å²) >= 11 is 0. The monoisotopic (exact) mass is 523 g/mol. The molecule has 1 aromatic rings. The Morgan fingerprint density at radius 3 is 2.00 bits per heavy atom. The minimum Gasteiger partial charge on any atom is -1.00 e. The Morgan fingerprint density at radius 2 is 1.50 bits per heavy atom. The van der Waals surface area contributed by atoms with E-state index in [0.29, 0.717) is 13.0 Å². The van der Waals surface area contributed by atoms with Gasteiger partial charge in [0.2, 0.25) is 0 Å². The molecule has 0 aliphatic rings. The molecular formula is C16H19ClF9N3O2S. The molecule has 0 spiro atoms. The van der Waals surface area contributed by atoms with E-state index in [9.17, 15) is 47.9 Å². The number of halogens is 10. The Morgan fingerprint density at radius 1 is 0.938 bits per heavy atom. The predicted molar refractivity (Wildman–Crippen MR) is 89.8 cm³/mol. The largest absolute Gasteiger partial charge is 1.00 e. The van der Waals surface area contributed by atoms with Crippen LogP contribution in [0.1, 0.15) is 25.7 Å². The van der Waals surface area contributed by atoms with Crippen molar-refractivity contribution in [2.24, 2.45) is 0 Å². The van der Waals surface area contributed by atoms with Crippen molar-refractivity contribution < 1.29 is 64.9 Å². The van der Waals surface area contributed by atoms with Gasteiger partial charge < -0.3 is 12.4 Å². The second kappa shape index (κ2) is 10.5. The van der Waals surface area contributed by atoms with Gasteiger partial charge in [0.1, 0.15) is 12.4 Å². The molecule has 0 radical (unpaired) electrons. The molecule has 0 aliphatic heterocycles. The fraction of sp³-hybridized carbons (Fsp3) is 0.688. The predicted octanol–water partition coefficient (Wildman–Crippen LogP) is 0.466. The van der Waals surface area contributed by atoms with Gasteiger partial charge in [-0.3, -0.25) is 0 Å². The van der Waals surface area contributed by atoms with Crippen molar-refractivity contribution in [1.82, 2.24) is 8.28 Å². The van der Waals surface area contributed by atoms with Crippen molar-refractivity contribution in [3.63, 3.8) is 0 Å². The summed E-state index contributed by atoms with van der Waals surface area (Å²) in [7, 11) is -1.02. The summed E-state index contributed by atoms with van der Waals surface area (Å²) in [5.41, 5.74) is 0. The molecule has 32 heavy (non-hydrogen) atoms. The molecule has 0 unspecified atom stereocenters. The normalized spacial score (nSPS) is 13.5. The van der Waals surface area contributed by atoms with Crippen LogP contribution in [0.25, 0.3) is 0 Å². The van der Waals surface area contributed by atoms with Gasteiger partial charge >= 0.3 is 34.2 Å². The Labute approximate surface area is 184 Å². The summed E-state index contributed by atoms with van der Waals surface area (Å²) in [6.07, 6.45) is -4.51. The van der Waals surface area contributed by atoms with Crippen LogP contribution in [-0.2, 0) is 16.8 Å². The van der Waals surface area contributed by atoms with E-state index >= 15 is 0 Å². The van der Waals surface area contributed by atoms with E-state index in [1.807, 2.05) is 5.92 Å². The summed E-state index contributed by atoms with van der Waals surface area (Å²) in [5, 5.41) is 0. The quantitative estimate of drug-likeness (QED) is 0.204. The molecule has 0 aromatic carbocycles. The topological polar surface area (TPSA) is 46.2 Å². The van der Waals surface area contributed by atoms with Crippen LogP contribution in [-0.4, -0.2) is 54.7 Å². The molecule has 0 fully saturated rings. The highest BCUT2D eigenvalue weighted by Crippen LogP contribution is 2.53. The molecule has 5 nitrogen and oxygen atoms in total. The Kier molecular flexibility index (Phi) is 9.97. The van der Waals surface area contributed by atoms with Gasteiger partial charge in [-0.15, -0.1) is 9.89 Å². The first kappa shape index (κ1) is 30.3. The average Bonchev–Trinajstić information content (AvgIpc) is 3.09. The van der Waals surface area contributed by atoms with Gasteiger partial charge in [-0.25, -0.2) is 4.57 Å². The molecule has 0 saturated carbocycles. The second-order valence-electron chi connectivity index (χ2n) is 6.61. The highest BCUT2D eigenvalue weighted by Gasteiger charge is 2.81. The molecule has 1 aromatic heterocycles. The van der Waals surface area contributed by atoms with Gasteiger partial charge in [-0.2, -0.15) is 52.2 Å². The second-order valence-corrected chi connectivity index (χ2v) is 8.66. The fourth-order valence-electron chi connectivity index (χ4n) is 2.12. The zero-order chi connectivity index (χ0) is 24.3. The molecule has 16 heteroatoms. The highest BCUT2D eigenvalue weighted by molar-refractivity contribution is 7.87. The Bertz CT molecular complexity index is 919. The minimum absolute atomic E-state index is 0. The van der Waals surface area contributed by atoms with Gasteiger partial charge in [-0.1, -0.05) is 5.92 Å². The number of hydrogen-bond donors (Lipinski definition) is 0. The maximum atomic E-state index is 13.3. The van der Waals surface area contributed by atoms with Crippen LogP contribution in [0.4, 0.5) is 39.5 Å². The Hall–Kier alpha value is -1.66. The summed E-state index contributed by atoms with van der Waals surface area (Å²) in [6, 6.07) is 0. The van der Waals surface area contributed by atoms with Crippen molar-refractivity contribution in [3.8, 4) is 11.8 Å². The van der Waals surface area contributed by atoms with Gasteiger partial charge in [0.05, 0.1) is 13.0 Å². The van der Waals surface area contributed by atoms with E-state index in [2.05, 4.69) is 0 Å². The lowest BCUT2D eigenvalue weighted by atomic mass is 10.0. The molecular weight excluding hydrogens is 505 g/mol. The number of imidazole rings is 1. The number of aromatic nitrogens is 2. The third-order valence-electron chi connectivity index (χ3n) is 4.01. The first-order valence-corrected chi connectivity index (χ1v) is 9.93. The molecule has 0 atom stereocenters. The average molecular weight is 524 g/mol. The molecule has 0 N–H and O–H groups in total. The van der Waals surface area contributed by atoms with Crippen molar-refractivity contribution in [1.29, 1.82) is 0 Å². The third kappa shape index (κ3) is 6.44. The number of unbranched alkanes of at least 4 members (excludes halogenated alkanes) is 2. The summed E-state index contributed by atoms with van der Waals surface area (Å²) in [5.74, 6) is -15.7. The lowest BCUT2D eigenvalue weighted by Crippen LogP contribution is -3.00. The molecule has 0 saturated heterocycles. The number of nitrogens with zero attached hydrogens (tertiary/aromatic N) is 3. The number of aryl methyl sites for hydroxylation is 1. The molecule has 1 rings (SSSR count). The maximum absolute atomic E-state index is 13.3. The van der Waals surface area contributed by atoms with Gasteiger partial charge in [0, 0.05) is 20.5 Å². The van der Waals surface area contributed by atoms with Crippen LogP contribution in [0.3, 0.4) is 0 Å². The fourth-order valence-corrected chi connectivity index (χ4v) is 2.95. The first-order chi connectivity index (χ1) is 13.9. The van der Waals surface area contributed by atoms with E-state index in [1.165, 1.54) is 43.3 Å². The van der Waals surface area contributed by atoms with E-state index in [-0.39, 0.29) is 25.2 Å². The van der Waals surface area contributed by atoms with E-state index in [0.717, 1.165) is 8.28 Å². The van der Waals surface area contributed by atoms with Gasteiger partial charge in [0.15, 0.2) is 0 Å². The summed E-state index contributed by atoms with van der Waals surface area (Å²) < 4.78 is 141. The lowest BCUT2D eigenvalue weighted by molar-refractivity contribution is -0.696. The zero-order valence-electron chi connectivity index (χ0n) is 16.6. The van der Waals surface area contributed by atoms with Crippen LogP contribution in [0.2, 0.25) is 0 Å². The Balaban J connectivity index is 0.00000961. The highest BCUT2D eigenvalue weighted by atomic mass is 35.5. The SMILES string of the molecule is CN(C)S(=O)(=O)n1cc[n+](CCCCC#CCC(F)(F)C(F)(F)C(F)(F)C(F)(F)F)c1.[Cl-]. The van der Waals surface area contributed by atoms with Gasteiger partial charge in [-0.05, 0) is 12.8 Å². The summed E-state index contributed by atoms with van der Waals surface area (Å²) in [6.45, 7) is 0.295. The van der Waals surface area contributed by atoms with E-state index in [1.54, 1.807) is 0 Å². The molecule has 186 valence electrons. The maximum Gasteiger partial charge on any atom is 0.460 e. The van der Waals surface area contributed by atoms with Crippen molar-refractivity contribution >= 4 is 10.2 Å². The van der Waals surface area contributed by atoms with Crippen LogP contribution in [0.15, 0.2) is 18.7 Å². The van der Waals surface area contributed by atoms with Crippen LogP contribution in [0, 0.1) is 11.8 Å². The van der Waals surface area contributed by atoms with E-state index < -0.39 is 40.6 Å². The first-order valence-electron chi connectivity index (χ1n) is 8.54. The molecule has 0 aliphatic carbocycles. The molecule has 0 bridgehead atoms. The van der Waals surface area contributed by atoms with Crippen LogP contribution in [0.5, 0.6) is 0 Å². The van der Waals surface area contributed by atoms with Crippen molar-refractivity contribution in [2.75, 3.05) is 14.1 Å². The third-order valence-corrected chi connectivity index (χ3v) is 5.68. The number of rotatable bonds is 9. The van der Waals surface area contributed by atoms with Crippen molar-refractivity contribution in [3.05, 3.63) is 18.7 Å².